The van der Waals surface area contributed by atoms with E-state index in [1.807, 2.05) is 0 Å². The summed E-state index contributed by atoms with van der Waals surface area (Å²) >= 11 is 0. The van der Waals surface area contributed by atoms with E-state index in [0.29, 0.717) is 6.42 Å². The van der Waals surface area contributed by atoms with Crippen LogP contribution in [0.3, 0.4) is 0 Å². The summed E-state index contributed by atoms with van der Waals surface area (Å²) in [6.07, 6.45) is -0.0154. The first-order valence-corrected chi connectivity index (χ1v) is 12.8. The van der Waals surface area contributed by atoms with Crippen LogP contribution < -0.4 is 4.74 Å². The molecule has 1 saturated heterocycles. The van der Waals surface area contributed by atoms with Crippen molar-refractivity contribution in [1.82, 2.24) is 15.0 Å². The van der Waals surface area contributed by atoms with E-state index >= 15 is 0 Å². The van der Waals surface area contributed by atoms with Crippen LogP contribution in [0.15, 0.2) is 22.7 Å². The number of aliphatic hydroxyl groups excluding tert-OH is 1. The molecule has 3 rings (SSSR count). The van der Waals surface area contributed by atoms with Crippen LogP contribution in [0.5, 0.6) is 5.75 Å². The molecule has 1 N–H and O–H groups in total. The first-order chi connectivity index (χ1) is 17.4. The first kappa shape index (κ1) is 28.7. The second-order valence-corrected chi connectivity index (χ2v) is 10.3. The lowest BCUT2D eigenvalue weighted by atomic mass is 10.1. The van der Waals surface area contributed by atoms with E-state index in [2.05, 4.69) is 17.1 Å². The van der Waals surface area contributed by atoms with Gasteiger partial charge in [-0.15, -0.1) is 0 Å². The molecule has 0 aliphatic carbocycles. The molecule has 1 aromatic heterocycles. The van der Waals surface area contributed by atoms with Gasteiger partial charge in [0.2, 0.25) is 5.82 Å². The lowest BCUT2D eigenvalue weighted by molar-refractivity contribution is -0.138. The van der Waals surface area contributed by atoms with Crippen LogP contribution in [-0.4, -0.2) is 51.1 Å². The Morgan fingerprint density at radius 3 is 2.54 bits per heavy atom. The van der Waals surface area contributed by atoms with E-state index in [9.17, 15) is 23.1 Å². The van der Waals surface area contributed by atoms with Gasteiger partial charge in [0.15, 0.2) is 0 Å². The Kier molecular flexibility index (Phi) is 9.44. The Balaban J connectivity index is 1.75. The molecule has 1 aliphatic heterocycles. The van der Waals surface area contributed by atoms with Gasteiger partial charge in [-0.2, -0.15) is 18.2 Å². The summed E-state index contributed by atoms with van der Waals surface area (Å²) in [6.45, 7) is 7.68. The number of unbranched alkanes of at least 4 members (excludes halogenated alkanes) is 5. The zero-order valence-electron chi connectivity index (χ0n) is 21.8. The highest BCUT2D eigenvalue weighted by atomic mass is 19.4. The van der Waals surface area contributed by atoms with E-state index in [1.54, 1.807) is 20.8 Å². The summed E-state index contributed by atoms with van der Waals surface area (Å²) in [7, 11) is 0. The topological polar surface area (TPSA) is 97.9 Å². The van der Waals surface area contributed by atoms with E-state index in [1.165, 1.54) is 17.0 Å². The fraction of sp³-hybridized carbons (Fsp3) is 0.654. The van der Waals surface area contributed by atoms with Gasteiger partial charge in [0, 0.05) is 12.1 Å². The average Bonchev–Trinajstić information content (AvgIpc) is 3.43. The van der Waals surface area contributed by atoms with Crippen LogP contribution in [0.2, 0.25) is 0 Å². The van der Waals surface area contributed by atoms with Crippen LogP contribution in [-0.2, 0) is 10.9 Å². The standard InChI is InChI=1S/C26H36F3N3O5/c1-5-6-7-8-9-10-15-35-20-12-11-17(16-18(20)26(27,28)29)22-30-23(37-31-22)21-19(33)13-14-32(21)24(34)36-25(2,3)4/h11-12,16,19,21,33H,5-10,13-15H2,1-4H3. The van der Waals surface area contributed by atoms with Crippen molar-refractivity contribution in [3.63, 3.8) is 0 Å². The molecule has 0 saturated carbocycles. The number of hydrogen-bond acceptors (Lipinski definition) is 7. The van der Waals surface area contributed by atoms with Gasteiger partial charge in [-0.25, -0.2) is 4.79 Å². The third-order valence-corrected chi connectivity index (χ3v) is 5.99. The molecule has 0 bridgehead atoms. The fourth-order valence-corrected chi connectivity index (χ4v) is 4.15. The van der Waals surface area contributed by atoms with E-state index in [-0.39, 0.29) is 42.6 Å². The lowest BCUT2D eigenvalue weighted by Gasteiger charge is -2.27. The minimum atomic E-state index is -4.64. The number of alkyl halides is 3. The number of amides is 1. The number of aromatic nitrogens is 2. The number of hydrogen-bond donors (Lipinski definition) is 1. The molecule has 2 unspecified atom stereocenters. The van der Waals surface area contributed by atoms with Gasteiger partial charge in [0.1, 0.15) is 17.4 Å². The molecule has 2 aromatic rings. The van der Waals surface area contributed by atoms with Crippen LogP contribution in [0.4, 0.5) is 18.0 Å². The Bertz CT molecular complexity index is 1040. The van der Waals surface area contributed by atoms with Crippen LogP contribution >= 0.6 is 0 Å². The molecule has 206 valence electrons. The second kappa shape index (κ2) is 12.1. The molecule has 2 atom stereocenters. The number of likely N-dealkylation sites (tertiary alicyclic amines) is 1. The van der Waals surface area contributed by atoms with Gasteiger partial charge >= 0.3 is 12.3 Å². The maximum atomic E-state index is 13.8. The molecular formula is C26H36F3N3O5. The number of nitrogens with zero attached hydrogens (tertiary/aromatic N) is 3. The smallest absolute Gasteiger partial charge is 0.419 e. The average molecular weight is 528 g/mol. The maximum Gasteiger partial charge on any atom is 0.419 e. The molecule has 1 aromatic carbocycles. The third kappa shape index (κ3) is 7.83. The Morgan fingerprint density at radius 2 is 1.86 bits per heavy atom. The summed E-state index contributed by atoms with van der Waals surface area (Å²) in [5.41, 5.74) is -1.61. The molecule has 1 fully saturated rings. The van der Waals surface area contributed by atoms with Crippen LogP contribution in [0.25, 0.3) is 11.4 Å². The molecule has 37 heavy (non-hydrogen) atoms. The van der Waals surface area contributed by atoms with Gasteiger partial charge in [0.05, 0.1) is 18.3 Å². The van der Waals surface area contributed by atoms with Crippen molar-refractivity contribution in [2.75, 3.05) is 13.2 Å². The van der Waals surface area contributed by atoms with Gasteiger partial charge in [-0.1, -0.05) is 44.2 Å². The number of ether oxygens (including phenoxy) is 2. The Morgan fingerprint density at radius 1 is 1.16 bits per heavy atom. The maximum absolute atomic E-state index is 13.8. The molecule has 11 heteroatoms. The van der Waals surface area contributed by atoms with Crippen molar-refractivity contribution in [3.8, 4) is 17.1 Å². The number of halogens is 3. The van der Waals surface area contributed by atoms with Crippen molar-refractivity contribution < 1.29 is 37.1 Å². The minimum Gasteiger partial charge on any atom is -0.493 e. The lowest BCUT2D eigenvalue weighted by Crippen LogP contribution is -2.38. The molecular weight excluding hydrogens is 491 g/mol. The summed E-state index contributed by atoms with van der Waals surface area (Å²) in [5.74, 6) is -0.426. The third-order valence-electron chi connectivity index (χ3n) is 5.99. The highest BCUT2D eigenvalue weighted by Crippen LogP contribution is 2.39. The fourth-order valence-electron chi connectivity index (χ4n) is 4.15. The zero-order valence-corrected chi connectivity index (χ0v) is 21.8. The highest BCUT2D eigenvalue weighted by molar-refractivity contribution is 5.69. The largest absolute Gasteiger partial charge is 0.493 e. The predicted octanol–water partition coefficient (Wildman–Crippen LogP) is 6.54. The first-order valence-electron chi connectivity index (χ1n) is 12.8. The summed E-state index contributed by atoms with van der Waals surface area (Å²) in [4.78, 5) is 18.1. The molecule has 1 aliphatic rings. The SMILES string of the molecule is CCCCCCCCOc1ccc(-c2noc(C3C(O)CCN3C(=O)OC(C)(C)C)n2)cc1C(F)(F)F. The highest BCUT2D eigenvalue weighted by Gasteiger charge is 2.43. The van der Waals surface area contributed by atoms with Crippen molar-refractivity contribution in [3.05, 3.63) is 29.7 Å². The quantitative estimate of drug-likeness (QED) is 0.351. The van der Waals surface area contributed by atoms with Crippen molar-refractivity contribution in [1.29, 1.82) is 0 Å². The van der Waals surface area contributed by atoms with Gasteiger partial charge in [0.25, 0.3) is 5.89 Å². The van der Waals surface area contributed by atoms with Crippen molar-refractivity contribution in [2.24, 2.45) is 0 Å². The van der Waals surface area contributed by atoms with Gasteiger partial charge in [-0.3, -0.25) is 4.90 Å². The normalized spacial score (nSPS) is 18.3. The number of aliphatic hydroxyl groups is 1. The summed E-state index contributed by atoms with van der Waals surface area (Å²) in [5, 5.41) is 14.3. The number of carbonyl (C=O) groups excluding carboxylic acids is 1. The second-order valence-electron chi connectivity index (χ2n) is 10.3. The van der Waals surface area contributed by atoms with Crippen LogP contribution in [0.1, 0.15) is 90.1 Å². The summed E-state index contributed by atoms with van der Waals surface area (Å²) in [6, 6.07) is 2.64. The van der Waals surface area contributed by atoms with E-state index < -0.39 is 35.6 Å². The molecule has 8 nitrogen and oxygen atoms in total. The molecule has 2 heterocycles. The minimum absolute atomic E-state index is 0.0746. The van der Waals surface area contributed by atoms with Gasteiger partial charge in [-0.05, 0) is 51.8 Å². The number of carbonyl (C=O) groups is 1. The monoisotopic (exact) mass is 527 g/mol. The molecule has 0 spiro atoms. The van der Waals surface area contributed by atoms with Crippen LogP contribution in [0, 0.1) is 0 Å². The summed E-state index contributed by atoms with van der Waals surface area (Å²) < 4.78 is 57.5. The number of rotatable bonds is 10. The molecule has 1 amide bonds. The molecule has 0 radical (unpaired) electrons. The Labute approximate surface area is 215 Å². The van der Waals surface area contributed by atoms with Crippen molar-refractivity contribution >= 4 is 6.09 Å². The van der Waals surface area contributed by atoms with Crippen molar-refractivity contribution in [2.45, 2.75) is 96.6 Å². The van der Waals surface area contributed by atoms with Gasteiger partial charge < -0.3 is 19.1 Å². The zero-order chi connectivity index (χ0) is 27.2. The van der Waals surface area contributed by atoms with E-state index in [0.717, 1.165) is 38.2 Å². The number of benzene rings is 1. The van der Waals surface area contributed by atoms with E-state index in [4.69, 9.17) is 14.0 Å². The Hall–Kier alpha value is -2.82. The predicted molar refractivity (Wildman–Crippen MR) is 130 cm³/mol.